The highest BCUT2D eigenvalue weighted by molar-refractivity contribution is 5.76. The van der Waals surface area contributed by atoms with Crippen LogP contribution in [0.5, 0.6) is 0 Å². The Kier molecular flexibility index (Phi) is 48.6. The Morgan fingerprint density at radius 2 is 0.783 bits per heavy atom. The zero-order chi connectivity index (χ0) is 43.7. The lowest BCUT2D eigenvalue weighted by Gasteiger charge is -2.22. The number of allylic oxidation sites excluding steroid dienone is 4. The molecule has 0 bridgehead atoms. The van der Waals surface area contributed by atoms with Gasteiger partial charge in [0.25, 0.3) is 0 Å². The van der Waals surface area contributed by atoms with Crippen LogP contribution in [0.15, 0.2) is 24.3 Å². The molecule has 2 atom stereocenters. The van der Waals surface area contributed by atoms with Crippen LogP contribution in [0.2, 0.25) is 0 Å². The van der Waals surface area contributed by atoms with Crippen molar-refractivity contribution >= 4 is 11.9 Å². The molecule has 0 fully saturated rings. The zero-order valence-electron chi connectivity index (χ0n) is 40.2. The second-order valence-corrected chi connectivity index (χ2v) is 18.2. The summed E-state index contributed by atoms with van der Waals surface area (Å²) in [6.45, 7) is 4.85. The third-order valence-electron chi connectivity index (χ3n) is 12.2. The van der Waals surface area contributed by atoms with E-state index in [9.17, 15) is 19.8 Å². The molecule has 0 aliphatic heterocycles. The standard InChI is InChI=1S/C54H103NO5/c1-3-5-7-9-11-13-15-17-18-19-20-21-22-23-24-26-30-34-38-42-46-52(57)51(50-56)55-53(58)47-43-39-35-31-27-25-29-33-37-41-45-49-60-54(59)48-44-40-36-32-28-16-14-12-10-8-6-4-2/h12,14,29,33,51-52,56-57H,3-11,13,15-28,30-32,34-50H2,1-2H3,(H,55,58)/b14-12-,33-29-. The number of nitrogens with one attached hydrogen (secondary N) is 1. The number of aliphatic hydroxyl groups is 2. The van der Waals surface area contributed by atoms with E-state index in [0.717, 1.165) is 83.5 Å². The van der Waals surface area contributed by atoms with E-state index in [-0.39, 0.29) is 18.5 Å². The van der Waals surface area contributed by atoms with E-state index in [1.54, 1.807) is 0 Å². The molecule has 0 aromatic heterocycles. The summed E-state index contributed by atoms with van der Waals surface area (Å²) in [5.41, 5.74) is 0. The molecule has 0 saturated heterocycles. The molecule has 60 heavy (non-hydrogen) atoms. The molecule has 0 heterocycles. The molecular weight excluding hydrogens is 743 g/mol. The van der Waals surface area contributed by atoms with Crippen molar-refractivity contribution in [2.75, 3.05) is 13.2 Å². The van der Waals surface area contributed by atoms with Crippen molar-refractivity contribution in [1.82, 2.24) is 5.32 Å². The van der Waals surface area contributed by atoms with Gasteiger partial charge < -0.3 is 20.3 Å². The van der Waals surface area contributed by atoms with Crippen LogP contribution < -0.4 is 5.32 Å². The Hall–Kier alpha value is -1.66. The fourth-order valence-corrected chi connectivity index (χ4v) is 8.10. The van der Waals surface area contributed by atoms with Crippen LogP contribution >= 0.6 is 0 Å². The number of unbranched alkanes of at least 4 members (excludes halogenated alkanes) is 34. The first-order valence-corrected chi connectivity index (χ1v) is 26.6. The average molecular weight is 846 g/mol. The van der Waals surface area contributed by atoms with Crippen LogP contribution in [0.1, 0.15) is 284 Å². The number of ether oxygens (including phenoxy) is 1. The summed E-state index contributed by atoms with van der Waals surface area (Å²) in [6, 6.07) is -0.563. The Morgan fingerprint density at radius 3 is 1.22 bits per heavy atom. The van der Waals surface area contributed by atoms with Crippen molar-refractivity contribution in [2.24, 2.45) is 0 Å². The highest BCUT2D eigenvalue weighted by Crippen LogP contribution is 2.17. The van der Waals surface area contributed by atoms with Gasteiger partial charge in [0, 0.05) is 12.8 Å². The highest BCUT2D eigenvalue weighted by atomic mass is 16.5. The smallest absolute Gasteiger partial charge is 0.305 e. The number of hydrogen-bond donors (Lipinski definition) is 3. The molecule has 0 aliphatic carbocycles. The maximum absolute atomic E-state index is 12.5. The minimum Gasteiger partial charge on any atom is -0.466 e. The zero-order valence-corrected chi connectivity index (χ0v) is 40.2. The lowest BCUT2D eigenvalue weighted by atomic mass is 10.0. The lowest BCUT2D eigenvalue weighted by molar-refractivity contribution is -0.143. The third-order valence-corrected chi connectivity index (χ3v) is 12.2. The van der Waals surface area contributed by atoms with Crippen LogP contribution in [-0.2, 0) is 14.3 Å². The molecule has 0 aromatic carbocycles. The summed E-state index contributed by atoms with van der Waals surface area (Å²) in [5.74, 6) is -0.104. The first-order chi connectivity index (χ1) is 29.5. The molecule has 6 heteroatoms. The number of carbonyl (C=O) groups excluding carboxylic acids is 2. The quantitative estimate of drug-likeness (QED) is 0.0322. The Bertz CT molecular complexity index is 935. The Morgan fingerprint density at radius 1 is 0.450 bits per heavy atom. The summed E-state index contributed by atoms with van der Waals surface area (Å²) in [7, 11) is 0. The van der Waals surface area contributed by atoms with Crippen molar-refractivity contribution < 1.29 is 24.5 Å². The van der Waals surface area contributed by atoms with E-state index in [1.807, 2.05) is 0 Å². The maximum atomic E-state index is 12.5. The molecule has 6 nitrogen and oxygen atoms in total. The van der Waals surface area contributed by atoms with E-state index >= 15 is 0 Å². The first-order valence-electron chi connectivity index (χ1n) is 26.6. The van der Waals surface area contributed by atoms with Crippen LogP contribution in [0.4, 0.5) is 0 Å². The van der Waals surface area contributed by atoms with Crippen LogP contribution in [0, 0.1) is 0 Å². The molecule has 354 valence electrons. The number of aliphatic hydroxyl groups excluding tert-OH is 2. The molecule has 1 amide bonds. The molecule has 0 spiro atoms. The summed E-state index contributed by atoms with van der Waals surface area (Å²) in [6.07, 6.45) is 58.7. The minimum atomic E-state index is -0.683. The van der Waals surface area contributed by atoms with Gasteiger partial charge in [-0.2, -0.15) is 0 Å². The number of rotatable bonds is 49. The fourth-order valence-electron chi connectivity index (χ4n) is 8.10. The van der Waals surface area contributed by atoms with Crippen molar-refractivity contribution in [3.05, 3.63) is 24.3 Å². The van der Waals surface area contributed by atoms with E-state index < -0.39 is 12.1 Å². The first kappa shape index (κ1) is 58.3. The van der Waals surface area contributed by atoms with Gasteiger partial charge in [0.15, 0.2) is 0 Å². The number of carbonyl (C=O) groups is 2. The number of amides is 1. The van der Waals surface area contributed by atoms with Gasteiger partial charge in [-0.05, 0) is 77.0 Å². The predicted molar refractivity (Wildman–Crippen MR) is 260 cm³/mol. The molecule has 2 unspecified atom stereocenters. The van der Waals surface area contributed by atoms with Crippen molar-refractivity contribution in [2.45, 2.75) is 296 Å². The largest absolute Gasteiger partial charge is 0.466 e. The van der Waals surface area contributed by atoms with Gasteiger partial charge in [-0.3, -0.25) is 9.59 Å². The van der Waals surface area contributed by atoms with Gasteiger partial charge in [-0.15, -0.1) is 0 Å². The topological polar surface area (TPSA) is 95.9 Å². The van der Waals surface area contributed by atoms with Gasteiger partial charge in [-0.1, -0.05) is 218 Å². The van der Waals surface area contributed by atoms with Crippen LogP contribution in [0.25, 0.3) is 0 Å². The normalized spacial score (nSPS) is 12.8. The SMILES string of the molecule is CCCCC/C=C\CCCCCCCC(=O)OCCCC/C=C\CCCCCCCC(=O)NC(CO)C(O)CCCCCCCCCCCCCCCCCCCCCC. The number of hydrogen-bond acceptors (Lipinski definition) is 5. The van der Waals surface area contributed by atoms with Gasteiger partial charge in [-0.25, -0.2) is 0 Å². The lowest BCUT2D eigenvalue weighted by Crippen LogP contribution is -2.45. The summed E-state index contributed by atoms with van der Waals surface area (Å²) >= 11 is 0. The molecule has 0 aliphatic rings. The predicted octanol–water partition coefficient (Wildman–Crippen LogP) is 15.9. The van der Waals surface area contributed by atoms with Crippen LogP contribution in [0.3, 0.4) is 0 Å². The van der Waals surface area contributed by atoms with Gasteiger partial charge in [0.1, 0.15) is 0 Å². The summed E-state index contributed by atoms with van der Waals surface area (Å²) in [4.78, 5) is 24.4. The average Bonchev–Trinajstić information content (AvgIpc) is 3.25. The monoisotopic (exact) mass is 846 g/mol. The van der Waals surface area contributed by atoms with E-state index in [1.165, 1.54) is 167 Å². The molecular formula is C54H103NO5. The summed E-state index contributed by atoms with van der Waals surface area (Å²) < 4.78 is 5.42. The van der Waals surface area contributed by atoms with Crippen molar-refractivity contribution in [3.8, 4) is 0 Å². The Labute approximate surface area is 373 Å². The van der Waals surface area contributed by atoms with E-state index in [2.05, 4.69) is 43.5 Å². The van der Waals surface area contributed by atoms with Crippen molar-refractivity contribution in [3.63, 3.8) is 0 Å². The fraction of sp³-hybridized carbons (Fsp3) is 0.889. The van der Waals surface area contributed by atoms with Gasteiger partial charge in [0.05, 0.1) is 25.4 Å². The third kappa shape index (κ3) is 45.9. The van der Waals surface area contributed by atoms with Crippen molar-refractivity contribution in [1.29, 1.82) is 0 Å². The molecule has 0 rings (SSSR count). The molecule has 0 aromatic rings. The highest BCUT2D eigenvalue weighted by Gasteiger charge is 2.20. The van der Waals surface area contributed by atoms with Crippen LogP contribution in [-0.4, -0.2) is 47.4 Å². The molecule has 0 radical (unpaired) electrons. The minimum absolute atomic E-state index is 0.0410. The van der Waals surface area contributed by atoms with E-state index in [0.29, 0.717) is 25.9 Å². The van der Waals surface area contributed by atoms with Gasteiger partial charge in [0.2, 0.25) is 5.91 Å². The van der Waals surface area contributed by atoms with Gasteiger partial charge >= 0.3 is 5.97 Å². The molecule has 0 saturated carbocycles. The second kappa shape index (κ2) is 50.0. The Balaban J connectivity index is 3.52. The molecule has 3 N–H and O–H groups in total. The second-order valence-electron chi connectivity index (χ2n) is 18.2. The van der Waals surface area contributed by atoms with E-state index in [4.69, 9.17) is 4.74 Å². The summed E-state index contributed by atoms with van der Waals surface area (Å²) in [5, 5.41) is 23.3. The maximum Gasteiger partial charge on any atom is 0.305 e. The number of esters is 1.